The number of hydrogen-bond acceptors (Lipinski definition) is 4. The minimum atomic E-state index is -0.443. The zero-order valence-electron chi connectivity index (χ0n) is 83.2. The van der Waals surface area contributed by atoms with Crippen molar-refractivity contribution in [3.8, 4) is 55.9 Å². The standard InChI is InChI=1S/C126H127BN4O2/c1-118(2,3)76-46-42-74(43-47-76)91-66-82(124(19,20)21)68-97(87-36-32-40-111-113(87)89-34-28-30-38-109(89)132-111)116(91)130-105-72-85(128-101-58-50-78(120(7,8)9)62-93(101)94-63-79(121(10,11)12)51-59-102(94)128)54-56-99(105)127-100-57-55-86(129-103-60-52-80(122(13,14)15)64-95(103)96-65-81(123(16,17)18)53-61-104(96)129)73-106(100)131(108-71-84(126(25,26)27)70-107(130)115(108)127)117-92(75-44-48-77(49-45-75)119(4,5)6)67-83(125(22,23)24)69-98(117)88-37-33-41-112-114(88)90-35-29-31-39-110(90)133-112/h28-73H,1-27H3. The maximum atomic E-state index is 7.09. The van der Waals surface area contributed by atoms with Crippen molar-refractivity contribution in [2.75, 3.05) is 9.80 Å². The minimum absolute atomic E-state index is 0.103. The summed E-state index contributed by atoms with van der Waals surface area (Å²) >= 11 is 0. The Labute approximate surface area is 787 Å². The lowest BCUT2D eigenvalue weighted by molar-refractivity contribution is 0.590. The molecule has 0 atom stereocenters. The molecule has 4 aromatic heterocycles. The molecule has 2 aliphatic heterocycles. The van der Waals surface area contributed by atoms with Gasteiger partial charge in [-0.1, -0.05) is 333 Å². The van der Waals surface area contributed by atoms with Crippen LogP contribution in [-0.4, -0.2) is 15.8 Å². The van der Waals surface area contributed by atoms with E-state index in [2.05, 4.69) is 485 Å². The van der Waals surface area contributed by atoms with E-state index < -0.39 is 5.41 Å². The molecule has 2 aliphatic rings. The molecule has 666 valence electrons. The van der Waals surface area contributed by atoms with Crippen molar-refractivity contribution in [3.05, 3.63) is 329 Å². The number of benzene rings is 15. The summed E-state index contributed by atoms with van der Waals surface area (Å²) in [6.45, 7) is 63.4. The van der Waals surface area contributed by atoms with Gasteiger partial charge in [0.25, 0.3) is 6.71 Å². The van der Waals surface area contributed by atoms with E-state index in [1.54, 1.807) is 0 Å². The van der Waals surface area contributed by atoms with Crippen molar-refractivity contribution in [1.82, 2.24) is 9.13 Å². The van der Waals surface area contributed by atoms with E-state index in [0.29, 0.717) is 0 Å². The fourth-order valence-corrected chi connectivity index (χ4v) is 21.4. The highest BCUT2D eigenvalue weighted by Gasteiger charge is 2.48. The number of hydrogen-bond donors (Lipinski definition) is 0. The van der Waals surface area contributed by atoms with Gasteiger partial charge in [0, 0.05) is 99.5 Å². The van der Waals surface area contributed by atoms with Crippen LogP contribution >= 0.6 is 0 Å². The third-order valence-electron chi connectivity index (χ3n) is 29.3. The molecule has 7 heteroatoms. The lowest BCUT2D eigenvalue weighted by Crippen LogP contribution is -2.61. The predicted molar refractivity (Wildman–Crippen MR) is 574 cm³/mol. The molecule has 21 rings (SSSR count). The number of para-hydroxylation sites is 2. The predicted octanol–water partition coefficient (Wildman–Crippen LogP) is 34.1. The van der Waals surface area contributed by atoms with Crippen LogP contribution in [0.1, 0.15) is 237 Å². The average Bonchev–Trinajstić information content (AvgIpc) is 1.20. The van der Waals surface area contributed by atoms with E-state index in [-0.39, 0.29) is 50.0 Å². The largest absolute Gasteiger partial charge is 0.456 e. The van der Waals surface area contributed by atoms with E-state index >= 15 is 0 Å². The van der Waals surface area contributed by atoms with E-state index in [9.17, 15) is 0 Å². The molecule has 0 saturated heterocycles. The molecular formula is C126H127BN4O2. The molecular weight excluding hydrogens is 1610 g/mol. The smallest absolute Gasteiger partial charge is 0.252 e. The van der Waals surface area contributed by atoms with Gasteiger partial charge in [0.2, 0.25) is 0 Å². The summed E-state index contributed by atoms with van der Waals surface area (Å²) in [7, 11) is 0. The third kappa shape index (κ3) is 14.4. The van der Waals surface area contributed by atoms with Crippen LogP contribution in [-0.2, 0) is 48.7 Å². The average molecular weight is 1740 g/mol. The molecule has 19 aromatic rings. The molecule has 0 unspecified atom stereocenters. The van der Waals surface area contributed by atoms with Gasteiger partial charge in [-0.3, -0.25) is 0 Å². The summed E-state index contributed by atoms with van der Waals surface area (Å²) in [6, 6.07) is 110. The molecule has 0 fully saturated rings. The second kappa shape index (κ2) is 29.8. The van der Waals surface area contributed by atoms with Crippen molar-refractivity contribution in [2.45, 2.75) is 236 Å². The Morgan fingerprint density at radius 3 is 0.812 bits per heavy atom. The van der Waals surface area contributed by atoms with E-state index in [4.69, 9.17) is 8.83 Å². The summed E-state index contributed by atoms with van der Waals surface area (Å²) in [5, 5.41) is 9.31. The molecule has 133 heavy (non-hydrogen) atoms. The molecule has 0 N–H and O–H groups in total. The summed E-state index contributed by atoms with van der Waals surface area (Å²) in [6.07, 6.45) is 0. The molecule has 15 aromatic carbocycles. The fraction of sp³-hybridized carbons (Fsp3) is 0.286. The van der Waals surface area contributed by atoms with E-state index in [0.717, 1.165) is 134 Å². The van der Waals surface area contributed by atoms with Gasteiger partial charge in [0.15, 0.2) is 0 Å². The highest BCUT2D eigenvalue weighted by molar-refractivity contribution is 7.00. The van der Waals surface area contributed by atoms with Crippen molar-refractivity contribution in [2.24, 2.45) is 0 Å². The van der Waals surface area contributed by atoms with E-state index in [1.165, 1.54) is 110 Å². The van der Waals surface area contributed by atoms with Crippen LogP contribution in [0.5, 0.6) is 0 Å². The maximum absolute atomic E-state index is 7.09. The van der Waals surface area contributed by atoms with Crippen LogP contribution in [0.25, 0.3) is 143 Å². The van der Waals surface area contributed by atoms with Gasteiger partial charge in [0.05, 0.1) is 33.4 Å². The summed E-state index contributed by atoms with van der Waals surface area (Å²) in [5.74, 6) is 0. The number of fused-ring (bicyclic) bond motifs is 16. The number of rotatable bonds is 8. The van der Waals surface area contributed by atoms with Gasteiger partial charge < -0.3 is 27.8 Å². The first-order valence-corrected chi connectivity index (χ1v) is 48.3. The molecule has 0 amide bonds. The van der Waals surface area contributed by atoms with Crippen molar-refractivity contribution in [3.63, 3.8) is 0 Å². The zero-order valence-corrected chi connectivity index (χ0v) is 83.2. The number of furan rings is 2. The van der Waals surface area contributed by atoms with Gasteiger partial charge in [-0.2, -0.15) is 0 Å². The Morgan fingerprint density at radius 2 is 0.496 bits per heavy atom. The zero-order chi connectivity index (χ0) is 93.7. The first kappa shape index (κ1) is 86.9. The fourth-order valence-electron chi connectivity index (χ4n) is 21.4. The Bertz CT molecular complexity index is 7440. The number of anilines is 6. The first-order chi connectivity index (χ1) is 62.6. The Hall–Kier alpha value is -12.8. The van der Waals surface area contributed by atoms with Crippen LogP contribution in [0.4, 0.5) is 34.1 Å². The Kier molecular flexibility index (Phi) is 19.5. The molecule has 0 radical (unpaired) electrons. The topological polar surface area (TPSA) is 42.6 Å². The maximum Gasteiger partial charge on any atom is 0.252 e. The number of nitrogens with zero attached hydrogens (tertiary/aromatic N) is 4. The molecule has 6 nitrogen and oxygen atoms in total. The normalized spacial score (nSPS) is 13.8. The van der Waals surface area contributed by atoms with Crippen LogP contribution in [0.3, 0.4) is 0 Å². The first-order valence-electron chi connectivity index (χ1n) is 48.3. The van der Waals surface area contributed by atoms with Crippen LogP contribution in [0, 0.1) is 0 Å². The van der Waals surface area contributed by atoms with Gasteiger partial charge in [-0.25, -0.2) is 0 Å². The van der Waals surface area contributed by atoms with Crippen LogP contribution in [0.2, 0.25) is 0 Å². The number of aromatic nitrogens is 2. The Morgan fingerprint density at radius 1 is 0.211 bits per heavy atom. The van der Waals surface area contributed by atoms with E-state index in [1.807, 2.05) is 0 Å². The summed E-state index contributed by atoms with van der Waals surface area (Å²) in [5.41, 5.74) is 39.1. The van der Waals surface area contributed by atoms with Gasteiger partial charge in [-0.05, 0) is 271 Å². The monoisotopic (exact) mass is 1740 g/mol. The Balaban J connectivity index is 0.979. The second-order valence-electron chi connectivity index (χ2n) is 47.9. The summed E-state index contributed by atoms with van der Waals surface area (Å²) < 4.78 is 19.4. The molecule has 0 saturated carbocycles. The molecule has 0 bridgehead atoms. The highest BCUT2D eigenvalue weighted by atomic mass is 16.3. The van der Waals surface area contributed by atoms with Gasteiger partial charge >= 0.3 is 0 Å². The lowest BCUT2D eigenvalue weighted by atomic mass is 9.33. The highest BCUT2D eigenvalue weighted by Crippen LogP contribution is 2.59. The second-order valence-corrected chi connectivity index (χ2v) is 47.9. The quantitative estimate of drug-likeness (QED) is 0.142. The van der Waals surface area contributed by atoms with Crippen LogP contribution in [0.15, 0.2) is 288 Å². The summed E-state index contributed by atoms with van der Waals surface area (Å²) in [4.78, 5) is 5.59. The SMILES string of the molecule is CC(C)(C)c1ccc(-c2cc(C(C)(C)C)cc(-c3cccc4oc5ccccc5c34)c2N2c3cc(-n4c5ccc(C(C)(C)C)cc5c5cc(C(C)(C)C)ccc54)ccc3B3c4ccc(-n5c6ccc(C(C)(C)C)cc6c6cc(C(C)(C)C)ccc65)cc4N(c4c(-c5ccc(C(C)(C)C)cc5)cc(C(C)(C)C)cc4-c4cccc5oc6ccccc6c45)c4cc(C(C)(C)C)cc2c43)cc1. The molecule has 6 heterocycles. The van der Waals surface area contributed by atoms with Crippen molar-refractivity contribution in [1.29, 1.82) is 0 Å². The lowest BCUT2D eigenvalue weighted by Gasteiger charge is -2.47. The third-order valence-corrected chi connectivity index (χ3v) is 29.3. The van der Waals surface area contributed by atoms with Gasteiger partial charge in [-0.15, -0.1) is 0 Å². The van der Waals surface area contributed by atoms with Crippen molar-refractivity contribution < 1.29 is 8.83 Å². The molecule has 0 aliphatic carbocycles. The van der Waals surface area contributed by atoms with Crippen LogP contribution < -0.4 is 26.2 Å². The minimum Gasteiger partial charge on any atom is -0.456 e. The van der Waals surface area contributed by atoms with Crippen molar-refractivity contribution >= 4 is 145 Å². The van der Waals surface area contributed by atoms with Gasteiger partial charge in [0.1, 0.15) is 22.3 Å². The molecule has 0 spiro atoms.